The van der Waals surface area contributed by atoms with Crippen molar-refractivity contribution in [1.82, 2.24) is 5.32 Å². The molecule has 7 heteroatoms. The zero-order valence-corrected chi connectivity index (χ0v) is 15.0. The van der Waals surface area contributed by atoms with Crippen LogP contribution in [0.4, 0.5) is 0 Å². The van der Waals surface area contributed by atoms with Gasteiger partial charge in [-0.1, -0.05) is 53.0 Å². The number of esters is 1. The van der Waals surface area contributed by atoms with E-state index >= 15 is 0 Å². The van der Waals surface area contributed by atoms with Crippen LogP contribution in [0.2, 0.25) is 15.1 Å². The average Bonchev–Trinajstić information content (AvgIpc) is 2.56. The van der Waals surface area contributed by atoms with E-state index in [1.807, 2.05) is 0 Å². The molecule has 4 nitrogen and oxygen atoms in total. The number of hydrogen-bond donors (Lipinski definition) is 1. The Morgan fingerprint density at radius 3 is 2.17 bits per heavy atom. The molecular weight excluding hydrogens is 373 g/mol. The summed E-state index contributed by atoms with van der Waals surface area (Å²) in [5.41, 5.74) is 0.814. The minimum atomic E-state index is -0.948. The molecule has 0 spiro atoms. The fraction of sp³-hybridized carbons (Fsp3) is 0.176. The van der Waals surface area contributed by atoms with Crippen LogP contribution < -0.4 is 5.32 Å². The number of methoxy groups -OCH3 is 1. The highest BCUT2D eigenvalue weighted by atomic mass is 35.5. The maximum absolute atomic E-state index is 12.4. The van der Waals surface area contributed by atoms with E-state index in [-0.39, 0.29) is 17.0 Å². The van der Waals surface area contributed by atoms with Gasteiger partial charge in [-0.05, 0) is 29.8 Å². The van der Waals surface area contributed by atoms with Crippen LogP contribution >= 0.6 is 34.8 Å². The number of carbonyl (C=O) groups excluding carboxylic acids is 2. The molecule has 0 aliphatic rings. The van der Waals surface area contributed by atoms with Crippen LogP contribution in [-0.4, -0.2) is 25.0 Å². The summed E-state index contributed by atoms with van der Waals surface area (Å²) in [5, 5.41) is 3.71. The van der Waals surface area contributed by atoms with Gasteiger partial charge < -0.3 is 10.1 Å². The number of rotatable bonds is 5. The largest absolute Gasteiger partial charge is 0.467 e. The molecule has 2 aromatic rings. The zero-order valence-electron chi connectivity index (χ0n) is 12.7. The van der Waals surface area contributed by atoms with Crippen molar-refractivity contribution in [1.29, 1.82) is 0 Å². The Labute approximate surface area is 154 Å². The number of amides is 1. The van der Waals surface area contributed by atoms with Gasteiger partial charge in [-0.3, -0.25) is 4.79 Å². The van der Waals surface area contributed by atoms with Crippen LogP contribution in [0.1, 0.15) is 15.9 Å². The van der Waals surface area contributed by atoms with E-state index in [0.717, 1.165) is 0 Å². The normalized spacial score (nSPS) is 11.7. The van der Waals surface area contributed by atoms with Crippen LogP contribution in [0, 0.1) is 0 Å². The van der Waals surface area contributed by atoms with Crippen molar-refractivity contribution >= 4 is 46.7 Å². The summed E-state index contributed by atoms with van der Waals surface area (Å²) in [5.74, 6) is -1.09. The molecule has 2 rings (SSSR count). The van der Waals surface area contributed by atoms with Crippen molar-refractivity contribution in [2.24, 2.45) is 0 Å². The molecule has 1 amide bonds. The summed E-state index contributed by atoms with van der Waals surface area (Å²) in [6.45, 7) is 0. The Kier molecular flexibility index (Phi) is 6.49. The van der Waals surface area contributed by atoms with E-state index in [9.17, 15) is 9.59 Å². The third-order valence-corrected chi connectivity index (χ3v) is 4.42. The number of carbonyl (C=O) groups is 2. The van der Waals surface area contributed by atoms with Gasteiger partial charge >= 0.3 is 5.97 Å². The molecule has 0 saturated heterocycles. The quantitative estimate of drug-likeness (QED) is 0.785. The van der Waals surface area contributed by atoms with E-state index in [1.165, 1.54) is 7.11 Å². The average molecular weight is 387 g/mol. The lowest BCUT2D eigenvalue weighted by Crippen LogP contribution is -2.43. The molecule has 0 radical (unpaired) electrons. The lowest BCUT2D eigenvalue weighted by atomic mass is 10.0. The van der Waals surface area contributed by atoms with Gasteiger partial charge in [-0.15, -0.1) is 0 Å². The number of halogens is 3. The summed E-state index contributed by atoms with van der Waals surface area (Å²) in [6, 6.07) is 10.6. The van der Waals surface area contributed by atoms with Gasteiger partial charge in [-0.25, -0.2) is 4.79 Å². The van der Waals surface area contributed by atoms with Crippen LogP contribution in [0.25, 0.3) is 0 Å². The monoisotopic (exact) mass is 385 g/mol. The summed E-state index contributed by atoms with van der Waals surface area (Å²) in [4.78, 5) is 24.4. The molecule has 1 atom stereocenters. The SMILES string of the molecule is COC(=O)[C@@H](Cc1c(Cl)cccc1Cl)NC(=O)c1ccccc1Cl. The highest BCUT2D eigenvalue weighted by Crippen LogP contribution is 2.26. The lowest BCUT2D eigenvalue weighted by Gasteiger charge is -2.18. The van der Waals surface area contributed by atoms with Gasteiger partial charge in [0.1, 0.15) is 6.04 Å². The molecule has 0 fully saturated rings. The molecule has 0 bridgehead atoms. The van der Waals surface area contributed by atoms with Crippen molar-refractivity contribution in [2.45, 2.75) is 12.5 Å². The molecule has 1 N–H and O–H groups in total. The Balaban J connectivity index is 2.25. The highest BCUT2D eigenvalue weighted by Gasteiger charge is 2.25. The first-order valence-electron chi connectivity index (χ1n) is 7.00. The number of ether oxygens (including phenoxy) is 1. The first-order chi connectivity index (χ1) is 11.4. The number of nitrogens with one attached hydrogen (secondary N) is 1. The minimum absolute atomic E-state index is 0.0986. The summed E-state index contributed by atoms with van der Waals surface area (Å²) in [7, 11) is 1.24. The van der Waals surface area contributed by atoms with Gasteiger partial charge in [0, 0.05) is 16.5 Å². The summed E-state index contributed by atoms with van der Waals surface area (Å²) in [6.07, 6.45) is 0.0986. The predicted molar refractivity (Wildman–Crippen MR) is 94.9 cm³/mol. The van der Waals surface area contributed by atoms with Crippen molar-refractivity contribution in [3.8, 4) is 0 Å². The maximum atomic E-state index is 12.4. The van der Waals surface area contributed by atoms with Crippen molar-refractivity contribution in [3.05, 3.63) is 68.7 Å². The maximum Gasteiger partial charge on any atom is 0.328 e. The third kappa shape index (κ3) is 4.41. The van der Waals surface area contributed by atoms with Gasteiger partial charge in [-0.2, -0.15) is 0 Å². The number of hydrogen-bond acceptors (Lipinski definition) is 3. The molecule has 126 valence electrons. The first-order valence-corrected chi connectivity index (χ1v) is 8.13. The van der Waals surface area contributed by atoms with Gasteiger partial charge in [0.25, 0.3) is 5.91 Å². The van der Waals surface area contributed by atoms with Crippen molar-refractivity contribution in [2.75, 3.05) is 7.11 Å². The van der Waals surface area contributed by atoms with E-state index in [1.54, 1.807) is 42.5 Å². The Bertz CT molecular complexity index is 744. The second-order valence-electron chi connectivity index (χ2n) is 4.93. The van der Waals surface area contributed by atoms with Crippen LogP contribution in [0.3, 0.4) is 0 Å². The molecule has 2 aromatic carbocycles. The molecular formula is C17H14Cl3NO3. The molecule has 0 aliphatic heterocycles. The van der Waals surface area contributed by atoms with Crippen LogP contribution in [0.5, 0.6) is 0 Å². The van der Waals surface area contributed by atoms with E-state index in [4.69, 9.17) is 39.5 Å². The molecule has 0 saturated carbocycles. The topological polar surface area (TPSA) is 55.4 Å². The molecule has 0 unspecified atom stereocenters. The van der Waals surface area contributed by atoms with E-state index in [0.29, 0.717) is 15.6 Å². The van der Waals surface area contributed by atoms with Crippen LogP contribution in [-0.2, 0) is 16.0 Å². The lowest BCUT2D eigenvalue weighted by molar-refractivity contribution is -0.142. The molecule has 0 heterocycles. The summed E-state index contributed by atoms with van der Waals surface area (Å²) < 4.78 is 4.76. The fourth-order valence-electron chi connectivity index (χ4n) is 2.15. The van der Waals surface area contributed by atoms with E-state index < -0.39 is 17.9 Å². The van der Waals surface area contributed by atoms with Gasteiger partial charge in [0.15, 0.2) is 0 Å². The van der Waals surface area contributed by atoms with Crippen molar-refractivity contribution < 1.29 is 14.3 Å². The molecule has 0 aliphatic carbocycles. The zero-order chi connectivity index (χ0) is 17.7. The molecule has 0 aromatic heterocycles. The summed E-state index contributed by atoms with van der Waals surface area (Å²) >= 11 is 18.3. The Morgan fingerprint density at radius 2 is 1.58 bits per heavy atom. The third-order valence-electron chi connectivity index (χ3n) is 3.38. The minimum Gasteiger partial charge on any atom is -0.467 e. The van der Waals surface area contributed by atoms with Gasteiger partial charge in [0.2, 0.25) is 0 Å². The fourth-order valence-corrected chi connectivity index (χ4v) is 2.92. The predicted octanol–water partition coefficient (Wildman–Crippen LogP) is 4.16. The van der Waals surface area contributed by atoms with E-state index in [2.05, 4.69) is 5.32 Å². The molecule has 24 heavy (non-hydrogen) atoms. The first kappa shape index (κ1) is 18.6. The Hall–Kier alpha value is -1.75. The van der Waals surface area contributed by atoms with Crippen molar-refractivity contribution in [3.63, 3.8) is 0 Å². The second kappa shape index (κ2) is 8.38. The smallest absolute Gasteiger partial charge is 0.328 e. The van der Waals surface area contributed by atoms with Crippen LogP contribution in [0.15, 0.2) is 42.5 Å². The Morgan fingerprint density at radius 1 is 1.00 bits per heavy atom. The second-order valence-corrected chi connectivity index (χ2v) is 6.15. The standard InChI is InChI=1S/C17H14Cl3NO3/c1-24-17(23)15(9-11-13(19)7-4-8-14(11)20)21-16(22)10-5-2-3-6-12(10)18/h2-8,15H,9H2,1H3,(H,21,22)/t15-/m1/s1. The van der Waals surface area contributed by atoms with Gasteiger partial charge in [0.05, 0.1) is 17.7 Å². The number of benzene rings is 2. The highest BCUT2D eigenvalue weighted by molar-refractivity contribution is 6.36.